The Hall–Kier alpha value is -1.79. The fourth-order valence-electron chi connectivity index (χ4n) is 1.08. The second kappa shape index (κ2) is 2.12. The van der Waals surface area contributed by atoms with Crippen molar-refractivity contribution in [1.82, 2.24) is 4.90 Å². The number of ether oxygens (including phenoxy) is 3. The average molecular weight is 187 g/mol. The van der Waals surface area contributed by atoms with Crippen molar-refractivity contribution in [1.29, 1.82) is 0 Å². The summed E-state index contributed by atoms with van der Waals surface area (Å²) in [5.74, 6) is -3.92. The van der Waals surface area contributed by atoms with Crippen LogP contribution in [0, 0.1) is 0 Å². The van der Waals surface area contributed by atoms with E-state index in [0.29, 0.717) is 0 Å². The highest BCUT2D eigenvalue weighted by molar-refractivity contribution is 6.31. The van der Waals surface area contributed by atoms with Gasteiger partial charge < -0.3 is 14.2 Å². The molecule has 2 aliphatic rings. The Morgan fingerprint density at radius 3 is 2.15 bits per heavy atom. The SMILES string of the molecule is CN1C(=O)OCC12OC(=O)C(=O)O2. The predicted molar refractivity (Wildman–Crippen MR) is 34.0 cm³/mol. The Balaban J connectivity index is 2.29. The third-order valence-electron chi connectivity index (χ3n) is 1.83. The van der Waals surface area contributed by atoms with Crippen LogP contribution in [-0.4, -0.2) is 42.5 Å². The minimum absolute atomic E-state index is 0.292. The van der Waals surface area contributed by atoms with E-state index in [9.17, 15) is 14.4 Å². The zero-order valence-electron chi connectivity index (χ0n) is 6.60. The van der Waals surface area contributed by atoms with Crippen molar-refractivity contribution in [3.05, 3.63) is 0 Å². The molecule has 2 rings (SSSR count). The summed E-state index contributed by atoms with van der Waals surface area (Å²) in [7, 11) is 1.31. The number of likely N-dealkylation sites (N-methyl/N-ethyl adjacent to an activating group) is 1. The maximum absolute atomic E-state index is 10.9. The van der Waals surface area contributed by atoms with Crippen molar-refractivity contribution >= 4 is 18.0 Å². The van der Waals surface area contributed by atoms with E-state index in [2.05, 4.69) is 14.2 Å². The van der Waals surface area contributed by atoms with Gasteiger partial charge in [0.05, 0.1) is 0 Å². The standard InChI is InChI=1S/C6H5NO6/c1-7-5(10)11-2-6(7)12-3(8)4(9)13-6/h2H2,1H3. The van der Waals surface area contributed by atoms with Crippen molar-refractivity contribution in [3.63, 3.8) is 0 Å². The van der Waals surface area contributed by atoms with Crippen molar-refractivity contribution in [2.75, 3.05) is 13.7 Å². The summed E-state index contributed by atoms with van der Waals surface area (Å²) in [5.41, 5.74) is 0. The van der Waals surface area contributed by atoms with Crippen LogP contribution in [0.5, 0.6) is 0 Å². The van der Waals surface area contributed by atoms with E-state index in [1.807, 2.05) is 0 Å². The smallest absolute Gasteiger partial charge is 0.422 e. The van der Waals surface area contributed by atoms with Gasteiger partial charge in [0.25, 0.3) is 0 Å². The molecule has 0 aliphatic carbocycles. The minimum Gasteiger partial charge on any atom is -0.439 e. The molecule has 0 radical (unpaired) electrons. The molecule has 2 aliphatic heterocycles. The molecule has 2 heterocycles. The molecule has 0 unspecified atom stereocenters. The van der Waals surface area contributed by atoms with Crippen LogP contribution in [0.4, 0.5) is 4.79 Å². The molecular formula is C6H5NO6. The summed E-state index contributed by atoms with van der Waals surface area (Å²) in [6, 6.07) is 0. The zero-order valence-corrected chi connectivity index (χ0v) is 6.60. The highest BCUT2D eigenvalue weighted by atomic mass is 16.8. The van der Waals surface area contributed by atoms with E-state index in [1.54, 1.807) is 0 Å². The normalized spacial score (nSPS) is 24.7. The molecule has 0 saturated carbocycles. The average Bonchev–Trinajstić information content (AvgIpc) is 2.50. The van der Waals surface area contributed by atoms with Gasteiger partial charge in [0.15, 0.2) is 6.61 Å². The van der Waals surface area contributed by atoms with Gasteiger partial charge in [-0.2, -0.15) is 0 Å². The molecule has 7 heteroatoms. The van der Waals surface area contributed by atoms with Gasteiger partial charge in [-0.15, -0.1) is 0 Å². The Bertz CT molecular complexity index is 294. The summed E-state index contributed by atoms with van der Waals surface area (Å²) in [5, 5.41) is 0. The highest BCUT2D eigenvalue weighted by Gasteiger charge is 2.59. The van der Waals surface area contributed by atoms with Crippen LogP contribution in [0.1, 0.15) is 0 Å². The van der Waals surface area contributed by atoms with Crippen LogP contribution >= 0.6 is 0 Å². The number of carbonyl (C=O) groups excluding carboxylic acids is 3. The van der Waals surface area contributed by atoms with E-state index in [4.69, 9.17) is 0 Å². The fraction of sp³-hybridized carbons (Fsp3) is 0.500. The summed E-state index contributed by atoms with van der Waals surface area (Å²) in [4.78, 5) is 33.2. The Kier molecular flexibility index (Phi) is 1.28. The molecule has 0 aromatic heterocycles. The molecule has 0 N–H and O–H groups in total. The van der Waals surface area contributed by atoms with E-state index in [-0.39, 0.29) is 6.61 Å². The Labute approximate surface area is 72.1 Å². The van der Waals surface area contributed by atoms with Gasteiger partial charge in [0, 0.05) is 7.05 Å². The van der Waals surface area contributed by atoms with Crippen molar-refractivity contribution in [2.45, 2.75) is 5.91 Å². The lowest BCUT2D eigenvalue weighted by molar-refractivity contribution is -0.219. The van der Waals surface area contributed by atoms with Crippen molar-refractivity contribution < 1.29 is 28.6 Å². The lowest BCUT2D eigenvalue weighted by Crippen LogP contribution is -2.46. The maximum Gasteiger partial charge on any atom is 0.422 e. The van der Waals surface area contributed by atoms with E-state index >= 15 is 0 Å². The lowest BCUT2D eigenvalue weighted by atomic mass is 10.5. The zero-order chi connectivity index (χ0) is 9.64. The number of amides is 1. The highest BCUT2D eigenvalue weighted by Crippen LogP contribution is 2.30. The predicted octanol–water partition coefficient (Wildman–Crippen LogP) is -1.18. The van der Waals surface area contributed by atoms with Gasteiger partial charge in [-0.05, 0) is 0 Å². The Morgan fingerprint density at radius 2 is 1.77 bits per heavy atom. The van der Waals surface area contributed by atoms with Gasteiger partial charge in [-0.3, -0.25) is 0 Å². The number of nitrogens with zero attached hydrogens (tertiary/aromatic N) is 1. The Morgan fingerprint density at radius 1 is 1.23 bits per heavy atom. The number of esters is 2. The maximum atomic E-state index is 10.9. The number of hydrogen-bond donors (Lipinski definition) is 0. The van der Waals surface area contributed by atoms with Crippen LogP contribution in [0.2, 0.25) is 0 Å². The molecule has 0 aromatic carbocycles. The summed E-state index contributed by atoms with van der Waals surface area (Å²) in [6.45, 7) is -0.292. The second-order valence-electron chi connectivity index (χ2n) is 2.61. The van der Waals surface area contributed by atoms with Crippen LogP contribution in [0.25, 0.3) is 0 Å². The van der Waals surface area contributed by atoms with Gasteiger partial charge in [0.2, 0.25) is 0 Å². The summed E-state index contributed by atoms with van der Waals surface area (Å²) < 4.78 is 13.7. The molecule has 1 amide bonds. The first-order chi connectivity index (χ1) is 6.05. The summed E-state index contributed by atoms with van der Waals surface area (Å²) in [6.07, 6.45) is -0.706. The van der Waals surface area contributed by atoms with Gasteiger partial charge >= 0.3 is 23.9 Å². The molecule has 2 fully saturated rings. The number of hydrogen-bond acceptors (Lipinski definition) is 6. The minimum atomic E-state index is -1.68. The molecule has 0 atom stereocenters. The van der Waals surface area contributed by atoms with Crippen molar-refractivity contribution in [2.24, 2.45) is 0 Å². The van der Waals surface area contributed by atoms with Crippen LogP contribution in [0.15, 0.2) is 0 Å². The molecule has 70 valence electrons. The van der Waals surface area contributed by atoms with E-state index < -0.39 is 23.9 Å². The first kappa shape index (κ1) is 7.84. The third kappa shape index (κ3) is 0.865. The van der Waals surface area contributed by atoms with E-state index in [1.165, 1.54) is 7.05 Å². The molecular weight excluding hydrogens is 182 g/mol. The first-order valence-corrected chi connectivity index (χ1v) is 3.42. The van der Waals surface area contributed by atoms with Crippen LogP contribution in [-0.2, 0) is 23.8 Å². The van der Waals surface area contributed by atoms with Gasteiger partial charge in [0.1, 0.15) is 0 Å². The van der Waals surface area contributed by atoms with Crippen LogP contribution in [0.3, 0.4) is 0 Å². The monoisotopic (exact) mass is 187 g/mol. The third-order valence-corrected chi connectivity index (χ3v) is 1.83. The second-order valence-corrected chi connectivity index (χ2v) is 2.61. The van der Waals surface area contributed by atoms with E-state index in [0.717, 1.165) is 4.90 Å². The summed E-state index contributed by atoms with van der Waals surface area (Å²) >= 11 is 0. The van der Waals surface area contributed by atoms with Gasteiger partial charge in [-0.1, -0.05) is 0 Å². The number of carbonyl (C=O) groups is 3. The largest absolute Gasteiger partial charge is 0.439 e. The van der Waals surface area contributed by atoms with Crippen LogP contribution < -0.4 is 0 Å². The molecule has 0 bridgehead atoms. The van der Waals surface area contributed by atoms with Crippen molar-refractivity contribution in [3.8, 4) is 0 Å². The topological polar surface area (TPSA) is 82.1 Å². The molecule has 0 aromatic rings. The number of cyclic esters (lactones) is 1. The van der Waals surface area contributed by atoms with Gasteiger partial charge in [-0.25, -0.2) is 19.3 Å². The fourth-order valence-corrected chi connectivity index (χ4v) is 1.08. The molecule has 2 saturated heterocycles. The molecule has 1 spiro atoms. The first-order valence-electron chi connectivity index (χ1n) is 3.42. The molecule has 13 heavy (non-hydrogen) atoms. The quantitative estimate of drug-likeness (QED) is 0.350. The number of rotatable bonds is 0. The lowest BCUT2D eigenvalue weighted by Gasteiger charge is -2.22. The molecule has 7 nitrogen and oxygen atoms in total.